The summed E-state index contributed by atoms with van der Waals surface area (Å²) in [7, 11) is 0. The molecule has 1 aromatic heterocycles. The minimum atomic E-state index is -0.110. The van der Waals surface area contributed by atoms with Crippen LogP contribution in [0, 0.1) is 13.8 Å². The number of carbonyl (C=O) groups excluding carboxylic acids is 2. The maximum Gasteiger partial charge on any atom is 0.281 e. The predicted molar refractivity (Wildman–Crippen MR) is 99.7 cm³/mol. The molecule has 7 heteroatoms. The van der Waals surface area contributed by atoms with Crippen molar-refractivity contribution in [2.75, 3.05) is 24.2 Å². The molecule has 2 amide bonds. The highest BCUT2D eigenvalue weighted by atomic mass is 32.2. The molecule has 0 unspecified atom stereocenters. The fourth-order valence-electron chi connectivity index (χ4n) is 2.51. The molecule has 1 aliphatic rings. The highest BCUT2D eigenvalue weighted by Crippen LogP contribution is 2.28. The van der Waals surface area contributed by atoms with Crippen molar-refractivity contribution in [3.8, 4) is 11.3 Å². The topological polar surface area (TPSA) is 62.3 Å². The van der Waals surface area contributed by atoms with Crippen LogP contribution in [0.5, 0.6) is 0 Å². The van der Waals surface area contributed by atoms with Crippen LogP contribution < -0.4 is 5.32 Å². The standard InChI is InChI=1S/C17H19N3O2S2/c1-11-3-4-12(2)13(9-11)14-10-24-16(18-14)19-15(21)5-6-20-7-8-23-17(20)22/h3-4,9-10H,5-8H2,1-2H3,(H,18,19,21). The number of hydrogen-bond acceptors (Lipinski definition) is 5. The minimum absolute atomic E-state index is 0.0641. The van der Waals surface area contributed by atoms with Gasteiger partial charge >= 0.3 is 0 Å². The number of nitrogens with one attached hydrogen (secondary N) is 1. The molecule has 5 nitrogen and oxygen atoms in total. The van der Waals surface area contributed by atoms with Crippen LogP contribution in [-0.2, 0) is 4.79 Å². The van der Waals surface area contributed by atoms with Gasteiger partial charge in [0.15, 0.2) is 5.13 Å². The van der Waals surface area contributed by atoms with E-state index in [9.17, 15) is 9.59 Å². The van der Waals surface area contributed by atoms with Gasteiger partial charge in [0.25, 0.3) is 5.24 Å². The normalized spacial score (nSPS) is 14.2. The van der Waals surface area contributed by atoms with E-state index in [2.05, 4.69) is 42.3 Å². The Balaban J connectivity index is 1.60. The number of aromatic nitrogens is 1. The van der Waals surface area contributed by atoms with Gasteiger partial charge in [0, 0.05) is 36.2 Å². The van der Waals surface area contributed by atoms with Gasteiger partial charge in [0.1, 0.15) is 0 Å². The molecule has 24 heavy (non-hydrogen) atoms. The number of thioether (sulfide) groups is 1. The van der Waals surface area contributed by atoms with Gasteiger partial charge in [0.2, 0.25) is 5.91 Å². The van der Waals surface area contributed by atoms with E-state index < -0.39 is 0 Å². The molecule has 1 N–H and O–H groups in total. The highest BCUT2D eigenvalue weighted by Gasteiger charge is 2.21. The van der Waals surface area contributed by atoms with Crippen molar-refractivity contribution in [2.45, 2.75) is 20.3 Å². The molecule has 0 bridgehead atoms. The summed E-state index contributed by atoms with van der Waals surface area (Å²) in [5.74, 6) is 0.702. The van der Waals surface area contributed by atoms with E-state index in [0.29, 0.717) is 18.1 Å². The summed E-state index contributed by atoms with van der Waals surface area (Å²) < 4.78 is 0. The Labute approximate surface area is 149 Å². The summed E-state index contributed by atoms with van der Waals surface area (Å²) in [5.41, 5.74) is 4.31. The Morgan fingerprint density at radius 3 is 2.96 bits per heavy atom. The van der Waals surface area contributed by atoms with Crippen molar-refractivity contribution in [1.29, 1.82) is 0 Å². The molecule has 2 aromatic rings. The Morgan fingerprint density at radius 2 is 2.21 bits per heavy atom. The quantitative estimate of drug-likeness (QED) is 0.877. The molecule has 0 atom stereocenters. The molecule has 1 aromatic carbocycles. The number of nitrogens with zero attached hydrogens (tertiary/aromatic N) is 2. The average Bonchev–Trinajstić information content (AvgIpc) is 3.17. The van der Waals surface area contributed by atoms with Crippen LogP contribution in [-0.4, -0.2) is 39.9 Å². The molecule has 0 radical (unpaired) electrons. The van der Waals surface area contributed by atoms with E-state index in [0.717, 1.165) is 29.1 Å². The third-order valence-corrected chi connectivity index (χ3v) is 5.52. The lowest BCUT2D eigenvalue weighted by Crippen LogP contribution is -2.27. The zero-order chi connectivity index (χ0) is 17.1. The van der Waals surface area contributed by atoms with Crippen LogP contribution in [0.25, 0.3) is 11.3 Å². The number of carbonyl (C=O) groups is 2. The second kappa shape index (κ2) is 7.36. The Hall–Kier alpha value is -1.86. The molecule has 3 rings (SSSR count). The molecular weight excluding hydrogens is 342 g/mol. The molecular formula is C17H19N3O2S2. The van der Waals surface area contributed by atoms with Gasteiger partial charge in [-0.15, -0.1) is 11.3 Å². The number of benzene rings is 1. The summed E-state index contributed by atoms with van der Waals surface area (Å²) in [4.78, 5) is 29.8. The minimum Gasteiger partial charge on any atom is -0.332 e. The fraction of sp³-hybridized carbons (Fsp3) is 0.353. The highest BCUT2D eigenvalue weighted by molar-refractivity contribution is 8.13. The van der Waals surface area contributed by atoms with Crippen molar-refractivity contribution in [3.63, 3.8) is 0 Å². The number of amides is 2. The molecule has 1 aliphatic heterocycles. The SMILES string of the molecule is Cc1ccc(C)c(-c2csc(NC(=O)CCN3CCSC3=O)n2)c1. The maximum atomic E-state index is 12.1. The monoisotopic (exact) mass is 361 g/mol. The first kappa shape index (κ1) is 17.0. The fourth-order valence-corrected chi connectivity index (χ4v) is 4.09. The lowest BCUT2D eigenvalue weighted by Gasteiger charge is -2.13. The second-order valence-corrected chi connectivity index (χ2v) is 7.66. The van der Waals surface area contributed by atoms with Crippen molar-refractivity contribution in [3.05, 3.63) is 34.7 Å². The van der Waals surface area contributed by atoms with Crippen LogP contribution >= 0.6 is 23.1 Å². The van der Waals surface area contributed by atoms with Gasteiger partial charge in [-0.1, -0.05) is 29.5 Å². The van der Waals surface area contributed by atoms with Gasteiger partial charge in [-0.05, 0) is 25.5 Å². The van der Waals surface area contributed by atoms with Gasteiger partial charge in [-0.3, -0.25) is 9.59 Å². The zero-order valence-electron chi connectivity index (χ0n) is 13.7. The maximum absolute atomic E-state index is 12.1. The van der Waals surface area contributed by atoms with E-state index in [1.54, 1.807) is 4.90 Å². The van der Waals surface area contributed by atoms with Crippen LogP contribution in [0.1, 0.15) is 17.5 Å². The predicted octanol–water partition coefficient (Wildman–Crippen LogP) is 3.92. The number of thiazole rings is 1. The molecule has 0 saturated carbocycles. The van der Waals surface area contributed by atoms with E-state index in [4.69, 9.17) is 0 Å². The number of aryl methyl sites for hydroxylation is 2. The summed E-state index contributed by atoms with van der Waals surface area (Å²) in [5, 5.41) is 5.44. The van der Waals surface area contributed by atoms with Gasteiger partial charge < -0.3 is 10.2 Å². The van der Waals surface area contributed by atoms with Crippen LogP contribution in [0.3, 0.4) is 0 Å². The third kappa shape index (κ3) is 3.96. The Kier molecular flexibility index (Phi) is 5.20. The molecule has 1 saturated heterocycles. The van der Waals surface area contributed by atoms with Crippen LogP contribution in [0.2, 0.25) is 0 Å². The Bertz CT molecular complexity index is 773. The van der Waals surface area contributed by atoms with Gasteiger partial charge in [-0.25, -0.2) is 4.98 Å². The third-order valence-electron chi connectivity index (χ3n) is 3.87. The van der Waals surface area contributed by atoms with E-state index in [1.807, 2.05) is 5.38 Å². The molecule has 0 spiro atoms. The lowest BCUT2D eigenvalue weighted by molar-refractivity contribution is -0.116. The summed E-state index contributed by atoms with van der Waals surface area (Å²) in [6, 6.07) is 6.26. The van der Waals surface area contributed by atoms with Crippen LogP contribution in [0.15, 0.2) is 23.6 Å². The molecule has 126 valence electrons. The van der Waals surface area contributed by atoms with E-state index in [1.165, 1.54) is 28.7 Å². The van der Waals surface area contributed by atoms with Crippen molar-refractivity contribution < 1.29 is 9.59 Å². The van der Waals surface area contributed by atoms with E-state index >= 15 is 0 Å². The van der Waals surface area contributed by atoms with Crippen molar-refractivity contribution in [2.24, 2.45) is 0 Å². The number of anilines is 1. The van der Waals surface area contributed by atoms with Gasteiger partial charge in [-0.2, -0.15) is 0 Å². The largest absolute Gasteiger partial charge is 0.332 e. The van der Waals surface area contributed by atoms with Crippen molar-refractivity contribution >= 4 is 39.4 Å². The molecule has 0 aliphatic carbocycles. The smallest absolute Gasteiger partial charge is 0.281 e. The van der Waals surface area contributed by atoms with Gasteiger partial charge in [0.05, 0.1) is 5.69 Å². The summed E-state index contributed by atoms with van der Waals surface area (Å²) in [6.45, 7) is 5.30. The first-order valence-corrected chi connectivity index (χ1v) is 9.64. The molecule has 1 fully saturated rings. The summed E-state index contributed by atoms with van der Waals surface area (Å²) >= 11 is 2.73. The van der Waals surface area contributed by atoms with Crippen molar-refractivity contribution in [1.82, 2.24) is 9.88 Å². The lowest BCUT2D eigenvalue weighted by atomic mass is 10.0. The first-order chi connectivity index (χ1) is 11.5. The van der Waals surface area contributed by atoms with E-state index in [-0.39, 0.29) is 11.1 Å². The number of hydrogen-bond donors (Lipinski definition) is 1. The summed E-state index contributed by atoms with van der Waals surface area (Å²) in [6.07, 6.45) is 0.296. The molecule has 2 heterocycles. The number of rotatable bonds is 5. The second-order valence-electron chi connectivity index (χ2n) is 5.76. The first-order valence-electron chi connectivity index (χ1n) is 7.77. The Morgan fingerprint density at radius 1 is 1.38 bits per heavy atom. The average molecular weight is 361 g/mol. The zero-order valence-corrected chi connectivity index (χ0v) is 15.3. The van der Waals surface area contributed by atoms with Crippen LogP contribution in [0.4, 0.5) is 9.93 Å².